The standard InChI is InChI=1S/C15H14ClFN2O/c16-14-4-2-1-3-11(14)9-18-5-6-19-12(10-18)7-13(20)8-15(19)17/h1-4,7-8H,5-6,9-10H2. The van der Waals surface area contributed by atoms with Crippen molar-refractivity contribution in [2.24, 2.45) is 0 Å². The third-order valence-electron chi connectivity index (χ3n) is 3.55. The van der Waals surface area contributed by atoms with E-state index in [9.17, 15) is 9.18 Å². The first kappa shape index (κ1) is 13.3. The Morgan fingerprint density at radius 3 is 2.80 bits per heavy atom. The fourth-order valence-corrected chi connectivity index (χ4v) is 2.75. The predicted octanol–water partition coefficient (Wildman–Crippen LogP) is 2.66. The van der Waals surface area contributed by atoms with Crippen molar-refractivity contribution < 1.29 is 4.39 Å². The van der Waals surface area contributed by atoms with E-state index in [1.54, 1.807) is 4.57 Å². The Kier molecular flexibility index (Phi) is 3.59. The molecule has 0 aliphatic carbocycles. The zero-order valence-electron chi connectivity index (χ0n) is 10.9. The summed E-state index contributed by atoms with van der Waals surface area (Å²) in [5.74, 6) is -0.454. The summed E-state index contributed by atoms with van der Waals surface area (Å²) in [6.45, 7) is 2.53. The highest BCUT2D eigenvalue weighted by atomic mass is 35.5. The van der Waals surface area contributed by atoms with E-state index in [1.165, 1.54) is 6.07 Å². The molecule has 1 aliphatic rings. The smallest absolute Gasteiger partial charge is 0.197 e. The molecular weight excluding hydrogens is 279 g/mol. The minimum atomic E-state index is -0.454. The molecule has 5 heteroatoms. The molecule has 0 unspecified atom stereocenters. The number of benzene rings is 1. The fraction of sp³-hybridized carbons (Fsp3) is 0.267. The quantitative estimate of drug-likeness (QED) is 0.795. The van der Waals surface area contributed by atoms with E-state index in [0.29, 0.717) is 25.3 Å². The molecule has 0 atom stereocenters. The highest BCUT2D eigenvalue weighted by Crippen LogP contribution is 2.20. The van der Waals surface area contributed by atoms with Crippen LogP contribution in [0.15, 0.2) is 41.2 Å². The second-order valence-corrected chi connectivity index (χ2v) is 5.37. The summed E-state index contributed by atoms with van der Waals surface area (Å²) in [7, 11) is 0. The second kappa shape index (κ2) is 5.38. The van der Waals surface area contributed by atoms with Crippen LogP contribution in [0.25, 0.3) is 0 Å². The Morgan fingerprint density at radius 2 is 2.00 bits per heavy atom. The number of nitrogens with zero attached hydrogens (tertiary/aromatic N) is 2. The average Bonchev–Trinajstić information content (AvgIpc) is 2.41. The Bertz CT molecular complexity index is 699. The largest absolute Gasteiger partial charge is 0.319 e. The van der Waals surface area contributed by atoms with Gasteiger partial charge in [-0.25, -0.2) is 0 Å². The maximum atomic E-state index is 13.7. The molecule has 0 amide bonds. The average molecular weight is 293 g/mol. The summed E-state index contributed by atoms with van der Waals surface area (Å²) in [6.07, 6.45) is 0. The lowest BCUT2D eigenvalue weighted by molar-refractivity contribution is 0.201. The van der Waals surface area contributed by atoms with E-state index in [-0.39, 0.29) is 5.43 Å². The molecule has 0 saturated carbocycles. The first-order chi connectivity index (χ1) is 9.63. The van der Waals surface area contributed by atoms with Gasteiger partial charge in [-0.1, -0.05) is 29.8 Å². The van der Waals surface area contributed by atoms with Crippen LogP contribution in [0.2, 0.25) is 5.02 Å². The van der Waals surface area contributed by atoms with Gasteiger partial charge in [0.1, 0.15) is 0 Å². The summed E-state index contributed by atoms with van der Waals surface area (Å²) in [5, 5.41) is 0.731. The topological polar surface area (TPSA) is 25.2 Å². The summed E-state index contributed by atoms with van der Waals surface area (Å²) in [6, 6.07) is 10.2. The molecule has 1 aromatic carbocycles. The minimum absolute atomic E-state index is 0.284. The normalized spacial score (nSPS) is 15.1. The van der Waals surface area contributed by atoms with Crippen molar-refractivity contribution >= 4 is 11.6 Å². The van der Waals surface area contributed by atoms with E-state index in [4.69, 9.17) is 11.6 Å². The summed E-state index contributed by atoms with van der Waals surface area (Å²) >= 11 is 6.15. The predicted molar refractivity (Wildman–Crippen MR) is 76.2 cm³/mol. The molecule has 0 saturated heterocycles. The van der Waals surface area contributed by atoms with E-state index >= 15 is 0 Å². The van der Waals surface area contributed by atoms with Gasteiger partial charge < -0.3 is 4.57 Å². The number of aromatic nitrogens is 1. The molecule has 2 heterocycles. The second-order valence-electron chi connectivity index (χ2n) is 4.96. The fourth-order valence-electron chi connectivity index (χ4n) is 2.55. The number of rotatable bonds is 2. The van der Waals surface area contributed by atoms with Crippen molar-refractivity contribution in [2.45, 2.75) is 19.6 Å². The van der Waals surface area contributed by atoms with Crippen LogP contribution in [0.3, 0.4) is 0 Å². The monoisotopic (exact) mass is 292 g/mol. The Morgan fingerprint density at radius 1 is 1.20 bits per heavy atom. The molecule has 3 rings (SSSR count). The number of hydrogen-bond donors (Lipinski definition) is 0. The minimum Gasteiger partial charge on any atom is -0.319 e. The van der Waals surface area contributed by atoms with Gasteiger partial charge in [0.25, 0.3) is 0 Å². The lowest BCUT2D eigenvalue weighted by atomic mass is 10.2. The molecule has 20 heavy (non-hydrogen) atoms. The van der Waals surface area contributed by atoms with E-state index in [0.717, 1.165) is 23.2 Å². The highest BCUT2D eigenvalue weighted by molar-refractivity contribution is 6.31. The molecule has 1 aromatic heterocycles. The SMILES string of the molecule is O=c1cc(F)n2c(c1)CN(Cc1ccccc1Cl)CC2. The van der Waals surface area contributed by atoms with Crippen molar-refractivity contribution in [3.05, 3.63) is 68.8 Å². The van der Waals surface area contributed by atoms with Crippen molar-refractivity contribution in [1.82, 2.24) is 9.47 Å². The molecule has 1 aliphatic heterocycles. The Labute approximate surface area is 121 Å². The van der Waals surface area contributed by atoms with Gasteiger partial charge in [0.15, 0.2) is 11.4 Å². The third-order valence-corrected chi connectivity index (χ3v) is 3.92. The van der Waals surface area contributed by atoms with Crippen LogP contribution in [-0.4, -0.2) is 16.0 Å². The Hall–Kier alpha value is -1.65. The molecule has 0 N–H and O–H groups in total. The molecule has 0 spiro atoms. The molecule has 2 aromatic rings. The highest BCUT2D eigenvalue weighted by Gasteiger charge is 2.18. The van der Waals surface area contributed by atoms with Crippen molar-refractivity contribution in [2.75, 3.05) is 6.54 Å². The maximum Gasteiger partial charge on any atom is 0.197 e. The molecule has 104 valence electrons. The van der Waals surface area contributed by atoms with Crippen molar-refractivity contribution in [1.29, 1.82) is 0 Å². The Balaban J connectivity index is 1.82. The van der Waals surface area contributed by atoms with Crippen LogP contribution < -0.4 is 5.43 Å². The van der Waals surface area contributed by atoms with Crippen LogP contribution in [0.1, 0.15) is 11.3 Å². The van der Waals surface area contributed by atoms with Gasteiger partial charge in [-0.15, -0.1) is 0 Å². The first-order valence-corrected chi connectivity index (χ1v) is 6.86. The van der Waals surface area contributed by atoms with Crippen LogP contribution in [0.4, 0.5) is 4.39 Å². The van der Waals surface area contributed by atoms with Gasteiger partial charge in [-0.3, -0.25) is 9.69 Å². The molecule has 0 bridgehead atoms. The maximum absolute atomic E-state index is 13.7. The number of fused-ring (bicyclic) bond motifs is 1. The summed E-state index contributed by atoms with van der Waals surface area (Å²) in [5.41, 5.74) is 1.48. The summed E-state index contributed by atoms with van der Waals surface area (Å²) < 4.78 is 15.2. The van der Waals surface area contributed by atoms with Crippen LogP contribution in [-0.2, 0) is 19.6 Å². The van der Waals surface area contributed by atoms with Crippen molar-refractivity contribution in [3.8, 4) is 0 Å². The van der Waals surface area contributed by atoms with Gasteiger partial charge in [0.2, 0.25) is 0 Å². The molecule has 3 nitrogen and oxygen atoms in total. The number of halogens is 2. The summed E-state index contributed by atoms with van der Waals surface area (Å²) in [4.78, 5) is 13.6. The van der Waals surface area contributed by atoms with E-state index < -0.39 is 5.95 Å². The zero-order valence-corrected chi connectivity index (χ0v) is 11.6. The molecule has 0 fully saturated rings. The van der Waals surface area contributed by atoms with Gasteiger partial charge in [-0.2, -0.15) is 4.39 Å². The van der Waals surface area contributed by atoms with Gasteiger partial charge >= 0.3 is 0 Å². The lowest BCUT2D eigenvalue weighted by Crippen LogP contribution is -2.35. The van der Waals surface area contributed by atoms with Gasteiger partial charge in [-0.05, 0) is 11.6 Å². The van der Waals surface area contributed by atoms with Gasteiger partial charge in [0.05, 0.1) is 0 Å². The molecular formula is C15H14ClFN2O. The van der Waals surface area contributed by atoms with Crippen molar-refractivity contribution in [3.63, 3.8) is 0 Å². The van der Waals surface area contributed by atoms with E-state index in [2.05, 4.69) is 4.90 Å². The molecule has 0 radical (unpaired) electrons. The van der Waals surface area contributed by atoms with Crippen LogP contribution in [0.5, 0.6) is 0 Å². The zero-order chi connectivity index (χ0) is 14.1. The number of pyridine rings is 1. The van der Waals surface area contributed by atoms with Crippen LogP contribution >= 0.6 is 11.6 Å². The third kappa shape index (κ3) is 2.62. The van der Waals surface area contributed by atoms with E-state index in [1.807, 2.05) is 24.3 Å². The number of hydrogen-bond acceptors (Lipinski definition) is 2. The lowest BCUT2D eigenvalue weighted by Gasteiger charge is -2.30. The van der Waals surface area contributed by atoms with Crippen LogP contribution in [0, 0.1) is 5.95 Å². The van der Waals surface area contributed by atoms with Gasteiger partial charge in [0, 0.05) is 49.0 Å². The first-order valence-electron chi connectivity index (χ1n) is 6.48.